The zero-order valence-electron chi connectivity index (χ0n) is 13.4. The van der Waals surface area contributed by atoms with E-state index < -0.39 is 17.4 Å². The quantitative estimate of drug-likeness (QED) is 0.790. The minimum atomic E-state index is -1.56. The summed E-state index contributed by atoms with van der Waals surface area (Å²) in [7, 11) is 0. The molecule has 0 spiro atoms. The Morgan fingerprint density at radius 1 is 1.40 bits per heavy atom. The molecule has 9 heteroatoms. The molecule has 7 nitrogen and oxygen atoms in total. The number of benzene rings is 1. The molecule has 2 N–H and O–H groups in total. The highest BCUT2D eigenvalue weighted by Crippen LogP contribution is 2.49. The number of anilines is 1. The van der Waals surface area contributed by atoms with E-state index in [1.807, 2.05) is 16.4 Å². The number of nitrogens with zero attached hydrogens (tertiary/aromatic N) is 2. The predicted molar refractivity (Wildman–Crippen MR) is 92.5 cm³/mol. The molecule has 0 aliphatic carbocycles. The summed E-state index contributed by atoms with van der Waals surface area (Å²) in [5.41, 5.74) is 0.451. The average molecular weight is 365 g/mol. The number of fused-ring (bicyclic) bond motifs is 3. The molecule has 0 amide bonds. The first kappa shape index (κ1) is 16.2. The number of thioether (sulfide) groups is 1. The number of nitrogens with one attached hydrogen (secondary N) is 1. The Labute approximate surface area is 146 Å². The summed E-state index contributed by atoms with van der Waals surface area (Å²) in [6, 6.07) is 2.87. The molecule has 2 aromatic rings. The van der Waals surface area contributed by atoms with E-state index in [-0.39, 0.29) is 16.5 Å². The first-order chi connectivity index (χ1) is 12.0. The van der Waals surface area contributed by atoms with Gasteiger partial charge in [0.15, 0.2) is 0 Å². The van der Waals surface area contributed by atoms with Crippen molar-refractivity contribution in [1.29, 1.82) is 0 Å². The number of hydrogen-bond donors (Lipinski definition) is 2. The molecule has 0 bridgehead atoms. The molecule has 4 rings (SSSR count). The van der Waals surface area contributed by atoms with E-state index in [1.54, 1.807) is 6.07 Å². The lowest BCUT2D eigenvalue weighted by Crippen LogP contribution is -2.44. The molecule has 2 aliphatic rings. The zero-order chi connectivity index (χ0) is 17.7. The van der Waals surface area contributed by atoms with E-state index in [9.17, 15) is 14.0 Å². The van der Waals surface area contributed by atoms with Gasteiger partial charge in [-0.05, 0) is 19.1 Å². The second-order valence-electron chi connectivity index (χ2n) is 5.98. The topological polar surface area (TPSA) is 83.8 Å². The summed E-state index contributed by atoms with van der Waals surface area (Å²) < 4.78 is 21.1. The van der Waals surface area contributed by atoms with Crippen LogP contribution in [0.1, 0.15) is 12.3 Å². The lowest BCUT2D eigenvalue weighted by Gasteiger charge is -2.34. The molecule has 2 aliphatic heterocycles. The Bertz CT molecular complexity index is 939. The maximum absolute atomic E-state index is 14.7. The van der Waals surface area contributed by atoms with Crippen molar-refractivity contribution in [2.24, 2.45) is 0 Å². The number of carbonyl (C=O) groups is 1. The Kier molecular flexibility index (Phi) is 3.84. The molecule has 132 valence electrons. The number of rotatable bonds is 2. The Balaban J connectivity index is 1.94. The minimum absolute atomic E-state index is 0.00980. The molecule has 3 heterocycles. The van der Waals surface area contributed by atoms with Gasteiger partial charge in [0, 0.05) is 26.2 Å². The molecule has 0 saturated carbocycles. The summed E-state index contributed by atoms with van der Waals surface area (Å²) in [5.74, 6) is -0.745. The number of halogens is 1. The van der Waals surface area contributed by atoms with Crippen molar-refractivity contribution in [2.45, 2.75) is 17.3 Å². The summed E-state index contributed by atoms with van der Waals surface area (Å²) >= 11 is 1.35. The molecule has 1 fully saturated rings. The van der Waals surface area contributed by atoms with Gasteiger partial charge in [0.25, 0.3) is 0 Å². The number of piperazine rings is 1. The van der Waals surface area contributed by atoms with Crippen LogP contribution in [0.2, 0.25) is 0 Å². The number of ether oxygens (including phenoxy) is 1. The van der Waals surface area contributed by atoms with E-state index in [1.165, 1.54) is 17.8 Å². The van der Waals surface area contributed by atoms with Crippen molar-refractivity contribution >= 4 is 34.5 Å². The van der Waals surface area contributed by atoms with Crippen LogP contribution < -0.4 is 20.4 Å². The van der Waals surface area contributed by atoms with Gasteiger partial charge in [0.2, 0.25) is 11.2 Å². The molecule has 1 aromatic heterocycles. The molecule has 0 unspecified atom stereocenters. The van der Waals surface area contributed by atoms with Crippen LogP contribution in [-0.4, -0.2) is 42.0 Å². The van der Waals surface area contributed by atoms with Crippen LogP contribution in [0.4, 0.5) is 14.9 Å². The standard InChI is InChI=1S/C16H16FN3O4S/c1-8-20-11-7-12(19-4-2-18-3-5-19)10(17)6-9(11)13(21)14(15(20)25-8)24-16(22)23/h6-8,18H,2-5H2,1H3,(H,22,23)/t8-/m0/s1. The summed E-state index contributed by atoms with van der Waals surface area (Å²) in [5, 5.41) is 12.7. The van der Waals surface area contributed by atoms with Gasteiger partial charge in [-0.2, -0.15) is 0 Å². The van der Waals surface area contributed by atoms with Crippen LogP contribution in [0, 0.1) is 5.82 Å². The maximum Gasteiger partial charge on any atom is 0.511 e. The molecular weight excluding hydrogens is 349 g/mol. The highest BCUT2D eigenvalue weighted by molar-refractivity contribution is 8.00. The third kappa shape index (κ3) is 2.54. The molecule has 1 saturated heterocycles. The van der Waals surface area contributed by atoms with Crippen LogP contribution >= 0.6 is 11.8 Å². The van der Waals surface area contributed by atoms with Gasteiger partial charge in [-0.1, -0.05) is 11.8 Å². The monoisotopic (exact) mass is 365 g/mol. The largest absolute Gasteiger partial charge is 0.511 e. The van der Waals surface area contributed by atoms with E-state index >= 15 is 0 Å². The van der Waals surface area contributed by atoms with Gasteiger partial charge in [0.05, 0.1) is 22.0 Å². The van der Waals surface area contributed by atoms with E-state index in [0.717, 1.165) is 13.1 Å². The summed E-state index contributed by atoms with van der Waals surface area (Å²) in [6.45, 7) is 4.84. The maximum atomic E-state index is 14.7. The average Bonchev–Trinajstić information content (AvgIpc) is 2.58. The summed E-state index contributed by atoms with van der Waals surface area (Å²) in [4.78, 5) is 25.4. The Hall–Kier alpha value is -2.26. The normalized spacial score (nSPS) is 19.4. The van der Waals surface area contributed by atoms with E-state index in [2.05, 4.69) is 10.1 Å². The predicted octanol–water partition coefficient (Wildman–Crippen LogP) is 2.23. The lowest BCUT2D eigenvalue weighted by atomic mass is 10.1. The van der Waals surface area contributed by atoms with Crippen LogP contribution in [0.25, 0.3) is 10.9 Å². The molecule has 25 heavy (non-hydrogen) atoms. The highest BCUT2D eigenvalue weighted by atomic mass is 32.2. The number of pyridine rings is 1. The smallest absolute Gasteiger partial charge is 0.449 e. The first-order valence-electron chi connectivity index (χ1n) is 7.92. The van der Waals surface area contributed by atoms with Crippen molar-refractivity contribution in [2.75, 3.05) is 31.1 Å². The first-order valence-corrected chi connectivity index (χ1v) is 8.80. The molecule has 1 aromatic carbocycles. The van der Waals surface area contributed by atoms with Crippen molar-refractivity contribution < 1.29 is 19.0 Å². The third-order valence-corrected chi connectivity index (χ3v) is 5.64. The second-order valence-corrected chi connectivity index (χ2v) is 7.28. The SMILES string of the molecule is C[C@@H]1Sc2c(OC(=O)O)c(=O)c3cc(F)c(N4CCNCC4)cc3n21. The summed E-state index contributed by atoms with van der Waals surface area (Å²) in [6.07, 6.45) is -1.56. The van der Waals surface area contributed by atoms with Crippen LogP contribution in [-0.2, 0) is 0 Å². The van der Waals surface area contributed by atoms with E-state index in [0.29, 0.717) is 29.3 Å². The van der Waals surface area contributed by atoms with Crippen LogP contribution in [0.15, 0.2) is 22.0 Å². The van der Waals surface area contributed by atoms with Gasteiger partial charge in [-0.15, -0.1) is 0 Å². The van der Waals surface area contributed by atoms with Gasteiger partial charge >= 0.3 is 6.16 Å². The lowest BCUT2D eigenvalue weighted by molar-refractivity contribution is 0.142. The number of carboxylic acid groups (broad SMARTS) is 1. The Morgan fingerprint density at radius 3 is 2.76 bits per heavy atom. The van der Waals surface area contributed by atoms with Gasteiger partial charge < -0.3 is 24.6 Å². The second kappa shape index (κ2) is 5.92. The van der Waals surface area contributed by atoms with Crippen molar-refractivity contribution in [1.82, 2.24) is 9.88 Å². The van der Waals surface area contributed by atoms with Gasteiger partial charge in [0.1, 0.15) is 10.8 Å². The van der Waals surface area contributed by atoms with Crippen LogP contribution in [0.5, 0.6) is 5.75 Å². The highest BCUT2D eigenvalue weighted by Gasteiger charge is 2.32. The minimum Gasteiger partial charge on any atom is -0.449 e. The zero-order valence-corrected chi connectivity index (χ0v) is 14.2. The number of hydrogen-bond acceptors (Lipinski definition) is 6. The molecule has 0 radical (unpaired) electrons. The van der Waals surface area contributed by atoms with Crippen molar-refractivity contribution in [3.63, 3.8) is 0 Å². The van der Waals surface area contributed by atoms with Crippen molar-refractivity contribution in [3.05, 3.63) is 28.2 Å². The molecule has 1 atom stereocenters. The molecular formula is C16H16FN3O4S. The fourth-order valence-electron chi connectivity index (χ4n) is 3.33. The fraction of sp³-hybridized carbons (Fsp3) is 0.375. The van der Waals surface area contributed by atoms with Gasteiger partial charge in [-0.3, -0.25) is 4.79 Å². The van der Waals surface area contributed by atoms with Crippen molar-refractivity contribution in [3.8, 4) is 5.75 Å². The van der Waals surface area contributed by atoms with Crippen LogP contribution in [0.3, 0.4) is 0 Å². The Morgan fingerprint density at radius 2 is 2.12 bits per heavy atom. The fourth-order valence-corrected chi connectivity index (χ4v) is 4.43. The van der Waals surface area contributed by atoms with E-state index in [4.69, 9.17) is 5.11 Å². The third-order valence-electron chi connectivity index (χ3n) is 4.48. The van der Waals surface area contributed by atoms with Gasteiger partial charge in [-0.25, -0.2) is 9.18 Å². The number of aromatic nitrogens is 1.